The van der Waals surface area contributed by atoms with Gasteiger partial charge in [-0.1, -0.05) is 23.7 Å². The molecular formula is C14H10ClN3O2. The van der Waals surface area contributed by atoms with E-state index in [9.17, 15) is 4.79 Å². The van der Waals surface area contributed by atoms with Crippen LogP contribution in [0, 0.1) is 0 Å². The van der Waals surface area contributed by atoms with Gasteiger partial charge in [-0.3, -0.25) is 0 Å². The Morgan fingerprint density at radius 1 is 1.30 bits per heavy atom. The number of hydrogen-bond acceptors (Lipinski definition) is 4. The van der Waals surface area contributed by atoms with Crippen molar-refractivity contribution in [1.29, 1.82) is 0 Å². The molecule has 0 bridgehead atoms. The van der Waals surface area contributed by atoms with E-state index < -0.39 is 5.97 Å². The molecule has 0 radical (unpaired) electrons. The molecule has 0 spiro atoms. The predicted molar refractivity (Wildman–Crippen MR) is 74.8 cm³/mol. The Morgan fingerprint density at radius 3 is 2.90 bits per heavy atom. The van der Waals surface area contributed by atoms with Gasteiger partial charge in [0.1, 0.15) is 0 Å². The van der Waals surface area contributed by atoms with Gasteiger partial charge in [-0.2, -0.15) is 0 Å². The average Bonchev–Trinajstić information content (AvgIpc) is 2.89. The first kappa shape index (κ1) is 12.6. The summed E-state index contributed by atoms with van der Waals surface area (Å²) in [5, 5.41) is 4.96. The molecule has 3 rings (SSSR count). The highest BCUT2D eigenvalue weighted by molar-refractivity contribution is 6.30. The molecule has 0 amide bonds. The number of hydrogen-bond donors (Lipinski definition) is 0. The van der Waals surface area contributed by atoms with E-state index in [4.69, 9.17) is 11.6 Å². The molecule has 0 saturated carbocycles. The maximum Gasteiger partial charge on any atom is 0.339 e. The lowest BCUT2D eigenvalue weighted by Crippen LogP contribution is -2.03. The van der Waals surface area contributed by atoms with Crippen molar-refractivity contribution in [2.45, 2.75) is 0 Å². The van der Waals surface area contributed by atoms with Gasteiger partial charge in [0.05, 0.1) is 12.7 Å². The largest absolute Gasteiger partial charge is 0.465 e. The number of ether oxygens (including phenoxy) is 1. The summed E-state index contributed by atoms with van der Waals surface area (Å²) in [5.41, 5.74) is 1.89. The van der Waals surface area contributed by atoms with Crippen LogP contribution in [0.4, 0.5) is 0 Å². The van der Waals surface area contributed by atoms with Gasteiger partial charge in [-0.15, -0.1) is 5.10 Å². The van der Waals surface area contributed by atoms with Crippen molar-refractivity contribution in [2.24, 2.45) is 0 Å². The zero-order chi connectivity index (χ0) is 14.1. The van der Waals surface area contributed by atoms with E-state index in [0.29, 0.717) is 22.1 Å². The molecule has 0 N–H and O–H groups in total. The van der Waals surface area contributed by atoms with Crippen LogP contribution in [0.25, 0.3) is 17.0 Å². The zero-order valence-electron chi connectivity index (χ0n) is 10.6. The third-order valence-electron chi connectivity index (χ3n) is 2.83. The van der Waals surface area contributed by atoms with Crippen molar-refractivity contribution in [1.82, 2.24) is 14.6 Å². The SMILES string of the molecule is COC(=O)c1ccc2nc(-c3cccc(Cl)c3)nn2c1. The fourth-order valence-electron chi connectivity index (χ4n) is 1.87. The highest BCUT2D eigenvalue weighted by atomic mass is 35.5. The third kappa shape index (κ3) is 2.23. The molecule has 2 aromatic heterocycles. The molecule has 0 saturated heterocycles. The molecule has 0 fully saturated rings. The smallest absolute Gasteiger partial charge is 0.339 e. The van der Waals surface area contributed by atoms with Crippen LogP contribution in [0.1, 0.15) is 10.4 Å². The van der Waals surface area contributed by atoms with Gasteiger partial charge in [0, 0.05) is 16.8 Å². The van der Waals surface area contributed by atoms with E-state index in [2.05, 4.69) is 14.8 Å². The number of esters is 1. The molecule has 6 heteroatoms. The summed E-state index contributed by atoms with van der Waals surface area (Å²) in [5.74, 6) is 0.140. The van der Waals surface area contributed by atoms with E-state index in [0.717, 1.165) is 5.56 Å². The van der Waals surface area contributed by atoms with Gasteiger partial charge >= 0.3 is 5.97 Å². The van der Waals surface area contributed by atoms with Gasteiger partial charge in [-0.25, -0.2) is 14.3 Å². The second kappa shape index (κ2) is 4.94. The zero-order valence-corrected chi connectivity index (χ0v) is 11.3. The van der Waals surface area contributed by atoms with Crippen LogP contribution < -0.4 is 0 Å². The highest BCUT2D eigenvalue weighted by Crippen LogP contribution is 2.20. The predicted octanol–water partition coefficient (Wildman–Crippen LogP) is 2.84. The lowest BCUT2D eigenvalue weighted by atomic mass is 10.2. The van der Waals surface area contributed by atoms with Crippen molar-refractivity contribution >= 4 is 23.2 Å². The van der Waals surface area contributed by atoms with E-state index in [1.54, 1.807) is 35.0 Å². The van der Waals surface area contributed by atoms with Crippen LogP contribution in [0.15, 0.2) is 42.6 Å². The minimum Gasteiger partial charge on any atom is -0.465 e. The van der Waals surface area contributed by atoms with Crippen LogP contribution in [0.2, 0.25) is 5.02 Å². The molecule has 2 heterocycles. The van der Waals surface area contributed by atoms with Gasteiger partial charge < -0.3 is 4.74 Å². The lowest BCUT2D eigenvalue weighted by molar-refractivity contribution is 0.0600. The van der Waals surface area contributed by atoms with Crippen LogP contribution in [-0.4, -0.2) is 27.7 Å². The van der Waals surface area contributed by atoms with Crippen molar-refractivity contribution in [3.8, 4) is 11.4 Å². The number of nitrogens with zero attached hydrogens (tertiary/aromatic N) is 3. The summed E-state index contributed by atoms with van der Waals surface area (Å²) in [4.78, 5) is 15.9. The lowest BCUT2D eigenvalue weighted by Gasteiger charge is -1.98. The summed E-state index contributed by atoms with van der Waals surface area (Å²) in [6, 6.07) is 10.7. The number of benzene rings is 1. The molecule has 0 aliphatic heterocycles. The normalized spacial score (nSPS) is 10.7. The van der Waals surface area contributed by atoms with Gasteiger partial charge in [0.25, 0.3) is 0 Å². The van der Waals surface area contributed by atoms with Gasteiger partial charge in [-0.05, 0) is 24.3 Å². The molecule has 0 aliphatic carbocycles. The molecule has 20 heavy (non-hydrogen) atoms. The van der Waals surface area contributed by atoms with Crippen molar-refractivity contribution in [3.05, 3.63) is 53.2 Å². The number of methoxy groups -OCH3 is 1. The number of rotatable bonds is 2. The molecule has 0 aliphatic rings. The summed E-state index contributed by atoms with van der Waals surface area (Å²) < 4.78 is 6.22. The minimum atomic E-state index is -0.410. The highest BCUT2D eigenvalue weighted by Gasteiger charge is 2.10. The molecule has 0 atom stereocenters. The Balaban J connectivity index is 2.09. The molecule has 0 unspecified atom stereocenters. The summed E-state index contributed by atoms with van der Waals surface area (Å²) in [6.45, 7) is 0. The van der Waals surface area contributed by atoms with Gasteiger partial charge in [0.2, 0.25) is 0 Å². The standard InChI is InChI=1S/C14H10ClN3O2/c1-20-14(19)10-5-6-12-16-13(17-18(12)8-10)9-3-2-4-11(15)7-9/h2-8H,1H3. The summed E-state index contributed by atoms with van der Waals surface area (Å²) in [6.07, 6.45) is 1.59. The van der Waals surface area contributed by atoms with Crippen LogP contribution in [-0.2, 0) is 4.74 Å². The summed E-state index contributed by atoms with van der Waals surface area (Å²) in [7, 11) is 1.34. The van der Waals surface area contributed by atoms with Crippen molar-refractivity contribution < 1.29 is 9.53 Å². The molecular weight excluding hydrogens is 278 g/mol. The van der Waals surface area contributed by atoms with E-state index in [1.807, 2.05) is 12.1 Å². The number of aromatic nitrogens is 3. The Bertz CT molecular complexity index is 798. The van der Waals surface area contributed by atoms with E-state index in [-0.39, 0.29) is 0 Å². The first-order valence-electron chi connectivity index (χ1n) is 5.88. The molecule has 100 valence electrons. The molecule has 3 aromatic rings. The number of fused-ring (bicyclic) bond motifs is 1. The Kier molecular flexibility index (Phi) is 3.12. The number of carbonyl (C=O) groups is 1. The molecule has 5 nitrogen and oxygen atoms in total. The molecule has 1 aromatic carbocycles. The van der Waals surface area contributed by atoms with E-state index >= 15 is 0 Å². The third-order valence-corrected chi connectivity index (χ3v) is 3.07. The van der Waals surface area contributed by atoms with Crippen molar-refractivity contribution in [3.63, 3.8) is 0 Å². The second-order valence-electron chi connectivity index (χ2n) is 4.16. The quantitative estimate of drug-likeness (QED) is 0.680. The van der Waals surface area contributed by atoms with Crippen LogP contribution in [0.5, 0.6) is 0 Å². The number of carbonyl (C=O) groups excluding carboxylic acids is 1. The first-order valence-corrected chi connectivity index (χ1v) is 6.26. The van der Waals surface area contributed by atoms with Crippen LogP contribution >= 0.6 is 11.6 Å². The minimum absolute atomic E-state index is 0.410. The maximum atomic E-state index is 11.5. The van der Waals surface area contributed by atoms with Crippen LogP contribution in [0.3, 0.4) is 0 Å². The monoisotopic (exact) mass is 287 g/mol. The fraction of sp³-hybridized carbons (Fsp3) is 0.0714. The topological polar surface area (TPSA) is 56.5 Å². The Labute approximate surface area is 119 Å². The van der Waals surface area contributed by atoms with E-state index in [1.165, 1.54) is 7.11 Å². The fourth-order valence-corrected chi connectivity index (χ4v) is 2.06. The van der Waals surface area contributed by atoms with Gasteiger partial charge in [0.15, 0.2) is 11.5 Å². The van der Waals surface area contributed by atoms with Crippen molar-refractivity contribution in [2.75, 3.05) is 7.11 Å². The average molecular weight is 288 g/mol. The number of pyridine rings is 1. The first-order chi connectivity index (χ1) is 9.67. The maximum absolute atomic E-state index is 11.5. The summed E-state index contributed by atoms with van der Waals surface area (Å²) >= 11 is 5.96. The Hall–Kier alpha value is -2.40. The number of halogens is 1. The second-order valence-corrected chi connectivity index (χ2v) is 4.59. The Morgan fingerprint density at radius 2 is 2.15 bits per heavy atom.